The van der Waals surface area contributed by atoms with Crippen LogP contribution < -0.4 is 5.73 Å². The minimum absolute atomic E-state index is 0.0615. The summed E-state index contributed by atoms with van der Waals surface area (Å²) >= 11 is 0. The van der Waals surface area contributed by atoms with Gasteiger partial charge in [0.25, 0.3) is 0 Å². The molecular weight excluding hydrogens is 196 g/mol. The molecule has 0 amide bonds. The summed E-state index contributed by atoms with van der Waals surface area (Å²) in [5.74, 6) is 0.0725. The number of nitrogens with two attached hydrogens (primary N) is 1. The van der Waals surface area contributed by atoms with Gasteiger partial charge in [0, 0.05) is 6.04 Å². The fourth-order valence-corrected chi connectivity index (χ4v) is 1.95. The van der Waals surface area contributed by atoms with E-state index in [4.69, 9.17) is 10.2 Å². The van der Waals surface area contributed by atoms with Crippen molar-refractivity contribution in [2.45, 2.75) is 38.1 Å². The first-order valence-electron chi connectivity index (χ1n) is 4.89. The summed E-state index contributed by atoms with van der Waals surface area (Å²) in [5.41, 5.74) is 5.40. The van der Waals surface area contributed by atoms with Gasteiger partial charge in [0.05, 0.1) is 5.69 Å². The average Bonchev–Trinajstić information content (AvgIpc) is 2.40. The fraction of sp³-hybridized carbons (Fsp3) is 0.600. The molecule has 3 N–H and O–H groups in total. The molecule has 2 rings (SSSR count). The molecule has 5 nitrogen and oxygen atoms in total. The van der Waals surface area contributed by atoms with Gasteiger partial charge in [0.1, 0.15) is 11.2 Å². The molecule has 1 saturated carbocycles. The van der Waals surface area contributed by atoms with Gasteiger partial charge in [-0.05, 0) is 26.7 Å². The standard InChI is InChI=1S/C10H14N2O3/c1-5-6(2)15-8(12-5)10(9(13)14)3-7(11)4-10/h7H,3-4,11H2,1-2H3,(H,13,14). The third-order valence-electron chi connectivity index (χ3n) is 3.07. The minimum Gasteiger partial charge on any atom is -0.480 e. The predicted octanol–water partition coefficient (Wildman–Crippen LogP) is 0.735. The maximum Gasteiger partial charge on any atom is 0.319 e. The Morgan fingerprint density at radius 2 is 2.20 bits per heavy atom. The van der Waals surface area contributed by atoms with Crippen molar-refractivity contribution in [1.82, 2.24) is 4.98 Å². The van der Waals surface area contributed by atoms with Crippen molar-refractivity contribution < 1.29 is 14.3 Å². The van der Waals surface area contributed by atoms with Gasteiger partial charge >= 0.3 is 5.97 Å². The Bertz CT molecular complexity index is 385. The maximum absolute atomic E-state index is 11.2. The third kappa shape index (κ3) is 1.34. The SMILES string of the molecule is Cc1nc(C2(C(=O)O)CC(N)C2)oc1C. The number of aryl methyl sites for hydroxylation is 2. The Hall–Kier alpha value is -1.36. The van der Waals surface area contributed by atoms with E-state index in [1.165, 1.54) is 0 Å². The van der Waals surface area contributed by atoms with Gasteiger partial charge in [-0.1, -0.05) is 0 Å². The molecule has 5 heteroatoms. The smallest absolute Gasteiger partial charge is 0.319 e. The summed E-state index contributed by atoms with van der Waals surface area (Å²) in [6.07, 6.45) is 0.809. The molecule has 0 bridgehead atoms. The van der Waals surface area contributed by atoms with Crippen LogP contribution in [0, 0.1) is 13.8 Å². The lowest BCUT2D eigenvalue weighted by Gasteiger charge is -2.39. The van der Waals surface area contributed by atoms with Crippen molar-refractivity contribution in [2.24, 2.45) is 5.73 Å². The van der Waals surface area contributed by atoms with E-state index in [0.717, 1.165) is 5.69 Å². The number of aliphatic carboxylic acids is 1. The van der Waals surface area contributed by atoms with Crippen LogP contribution in [0.15, 0.2) is 4.42 Å². The Kier molecular flexibility index (Phi) is 2.08. The molecule has 0 aliphatic heterocycles. The van der Waals surface area contributed by atoms with E-state index in [9.17, 15) is 9.90 Å². The average molecular weight is 210 g/mol. The zero-order valence-electron chi connectivity index (χ0n) is 8.78. The van der Waals surface area contributed by atoms with Crippen molar-refractivity contribution in [3.63, 3.8) is 0 Å². The summed E-state index contributed by atoms with van der Waals surface area (Å²) in [7, 11) is 0. The Balaban J connectivity index is 2.38. The van der Waals surface area contributed by atoms with Gasteiger partial charge < -0.3 is 15.3 Å². The van der Waals surface area contributed by atoms with Gasteiger partial charge in [0.2, 0.25) is 5.89 Å². The van der Waals surface area contributed by atoms with E-state index in [1.54, 1.807) is 13.8 Å². The van der Waals surface area contributed by atoms with Crippen LogP contribution in [0.5, 0.6) is 0 Å². The number of oxazole rings is 1. The van der Waals surface area contributed by atoms with E-state index < -0.39 is 11.4 Å². The van der Waals surface area contributed by atoms with Crippen molar-refractivity contribution in [3.8, 4) is 0 Å². The molecule has 82 valence electrons. The molecule has 15 heavy (non-hydrogen) atoms. The second kappa shape index (κ2) is 3.06. The molecule has 1 heterocycles. The highest BCUT2D eigenvalue weighted by atomic mass is 16.4. The maximum atomic E-state index is 11.2. The third-order valence-corrected chi connectivity index (χ3v) is 3.07. The van der Waals surface area contributed by atoms with Crippen LogP contribution in [-0.4, -0.2) is 22.1 Å². The molecular formula is C10H14N2O3. The van der Waals surface area contributed by atoms with Crippen molar-refractivity contribution in [3.05, 3.63) is 17.3 Å². The minimum atomic E-state index is -0.988. The van der Waals surface area contributed by atoms with Crippen molar-refractivity contribution >= 4 is 5.97 Å². The monoisotopic (exact) mass is 210 g/mol. The number of carbonyl (C=O) groups is 1. The first-order valence-corrected chi connectivity index (χ1v) is 4.89. The highest BCUT2D eigenvalue weighted by Crippen LogP contribution is 2.43. The molecule has 0 saturated heterocycles. The van der Waals surface area contributed by atoms with Gasteiger partial charge in [-0.2, -0.15) is 0 Å². The molecule has 0 spiro atoms. The molecule has 1 fully saturated rings. The van der Waals surface area contributed by atoms with E-state index in [1.807, 2.05) is 0 Å². The lowest BCUT2D eigenvalue weighted by Crippen LogP contribution is -2.54. The van der Waals surface area contributed by atoms with Crippen LogP contribution in [0.3, 0.4) is 0 Å². The van der Waals surface area contributed by atoms with Gasteiger partial charge in [-0.3, -0.25) is 4.79 Å². The Morgan fingerprint density at radius 1 is 1.60 bits per heavy atom. The van der Waals surface area contributed by atoms with E-state index in [-0.39, 0.29) is 6.04 Å². The normalized spacial score (nSPS) is 29.9. The highest BCUT2D eigenvalue weighted by Gasteiger charge is 2.54. The highest BCUT2D eigenvalue weighted by molar-refractivity contribution is 5.81. The van der Waals surface area contributed by atoms with E-state index in [0.29, 0.717) is 24.5 Å². The molecule has 0 atom stereocenters. The largest absolute Gasteiger partial charge is 0.480 e. The second-order valence-electron chi connectivity index (χ2n) is 4.22. The molecule has 0 aromatic carbocycles. The van der Waals surface area contributed by atoms with Crippen LogP contribution in [0.25, 0.3) is 0 Å². The first-order chi connectivity index (χ1) is 6.95. The van der Waals surface area contributed by atoms with Crippen molar-refractivity contribution in [1.29, 1.82) is 0 Å². The summed E-state index contributed by atoms with van der Waals surface area (Å²) in [6, 6.07) is -0.0615. The fourth-order valence-electron chi connectivity index (χ4n) is 1.95. The Morgan fingerprint density at radius 3 is 2.53 bits per heavy atom. The van der Waals surface area contributed by atoms with Gasteiger partial charge in [-0.15, -0.1) is 0 Å². The molecule has 1 aliphatic rings. The van der Waals surface area contributed by atoms with Crippen LogP contribution in [0.2, 0.25) is 0 Å². The van der Waals surface area contributed by atoms with Crippen LogP contribution in [0.4, 0.5) is 0 Å². The summed E-state index contributed by atoms with van der Waals surface area (Å²) in [5, 5.41) is 9.20. The lowest BCUT2D eigenvalue weighted by molar-refractivity contribution is -0.149. The topological polar surface area (TPSA) is 89.3 Å². The molecule has 0 unspecified atom stereocenters. The molecule has 0 radical (unpaired) electrons. The quantitative estimate of drug-likeness (QED) is 0.751. The van der Waals surface area contributed by atoms with Gasteiger partial charge in [-0.25, -0.2) is 4.98 Å². The number of rotatable bonds is 2. The number of carboxylic acid groups (broad SMARTS) is 1. The zero-order valence-corrected chi connectivity index (χ0v) is 8.78. The number of hydrogen-bond donors (Lipinski definition) is 2. The second-order valence-corrected chi connectivity index (χ2v) is 4.22. The first kappa shape index (κ1) is 10.2. The number of carboxylic acids is 1. The number of aromatic nitrogens is 1. The zero-order chi connectivity index (χ0) is 11.2. The van der Waals surface area contributed by atoms with Crippen molar-refractivity contribution in [2.75, 3.05) is 0 Å². The van der Waals surface area contributed by atoms with Gasteiger partial charge in [0.15, 0.2) is 0 Å². The summed E-state index contributed by atoms with van der Waals surface area (Å²) in [4.78, 5) is 15.4. The van der Waals surface area contributed by atoms with Crippen LogP contribution in [-0.2, 0) is 10.2 Å². The lowest BCUT2D eigenvalue weighted by atomic mass is 9.65. The number of hydrogen-bond acceptors (Lipinski definition) is 4. The number of nitrogens with zero attached hydrogens (tertiary/aromatic N) is 1. The van der Waals surface area contributed by atoms with E-state index in [2.05, 4.69) is 4.98 Å². The van der Waals surface area contributed by atoms with Crippen LogP contribution >= 0.6 is 0 Å². The molecule has 1 aromatic heterocycles. The molecule has 1 aromatic rings. The Labute approximate surface area is 87.3 Å². The van der Waals surface area contributed by atoms with Crippen LogP contribution in [0.1, 0.15) is 30.2 Å². The van der Waals surface area contributed by atoms with E-state index >= 15 is 0 Å². The predicted molar refractivity (Wildman–Crippen MR) is 52.5 cm³/mol. The summed E-state index contributed by atoms with van der Waals surface area (Å²) < 4.78 is 5.38. The molecule has 1 aliphatic carbocycles. The summed E-state index contributed by atoms with van der Waals surface area (Å²) in [6.45, 7) is 3.58.